The number of nitrogens with zero attached hydrogens (tertiary/aromatic N) is 2. The Bertz CT molecular complexity index is 864. The fourth-order valence-electron chi connectivity index (χ4n) is 1.89. The van der Waals surface area contributed by atoms with Gasteiger partial charge < -0.3 is 0 Å². The van der Waals surface area contributed by atoms with Crippen LogP contribution in [0.1, 0.15) is 5.56 Å². The van der Waals surface area contributed by atoms with E-state index in [0.29, 0.717) is 15.2 Å². The highest BCUT2D eigenvalue weighted by Crippen LogP contribution is 2.32. The summed E-state index contributed by atoms with van der Waals surface area (Å²) in [5.74, 6) is 0. The van der Waals surface area contributed by atoms with Gasteiger partial charge >= 0.3 is 0 Å². The molecule has 1 aromatic heterocycles. The standard InChI is InChI=1S/C16H10BrCl2N3S/c17-11-3-1-2-10(6-11)8-20-22-16-21-15(9-23-16)13-5-4-12(18)7-14(13)19/h1-9H,(H,21,22)/b20-8-. The molecule has 0 aliphatic heterocycles. The zero-order chi connectivity index (χ0) is 16.2. The normalized spacial score (nSPS) is 11.1. The van der Waals surface area contributed by atoms with Gasteiger partial charge in [-0.25, -0.2) is 4.98 Å². The Balaban J connectivity index is 1.72. The largest absolute Gasteiger partial charge is 0.253 e. The maximum absolute atomic E-state index is 6.20. The predicted octanol–water partition coefficient (Wildman–Crippen LogP) is 6.33. The fourth-order valence-corrected chi connectivity index (χ4v) is 3.48. The van der Waals surface area contributed by atoms with Crippen LogP contribution in [-0.4, -0.2) is 11.2 Å². The first-order valence-corrected chi connectivity index (χ1v) is 9.00. The minimum Gasteiger partial charge on any atom is -0.253 e. The number of anilines is 1. The molecule has 2 aromatic carbocycles. The molecular weight excluding hydrogens is 417 g/mol. The van der Waals surface area contributed by atoms with E-state index in [1.165, 1.54) is 11.3 Å². The first-order chi connectivity index (χ1) is 11.1. The second-order valence-corrected chi connectivity index (χ2v) is 7.20. The summed E-state index contributed by atoms with van der Waals surface area (Å²) < 4.78 is 1.01. The summed E-state index contributed by atoms with van der Waals surface area (Å²) in [6.07, 6.45) is 1.74. The summed E-state index contributed by atoms with van der Waals surface area (Å²) >= 11 is 17.0. The maximum atomic E-state index is 6.20. The summed E-state index contributed by atoms with van der Waals surface area (Å²) in [7, 11) is 0. The molecule has 3 aromatic rings. The smallest absolute Gasteiger partial charge is 0.203 e. The average Bonchev–Trinajstić information content (AvgIpc) is 2.96. The quantitative estimate of drug-likeness (QED) is 0.391. The first kappa shape index (κ1) is 16.5. The van der Waals surface area contributed by atoms with Crippen molar-refractivity contribution < 1.29 is 0 Å². The molecule has 0 unspecified atom stereocenters. The van der Waals surface area contributed by atoms with E-state index in [-0.39, 0.29) is 0 Å². The number of nitrogens with one attached hydrogen (secondary N) is 1. The molecule has 3 rings (SSSR count). The predicted molar refractivity (Wildman–Crippen MR) is 103 cm³/mol. The molecule has 3 nitrogen and oxygen atoms in total. The van der Waals surface area contributed by atoms with Crippen molar-refractivity contribution in [2.75, 3.05) is 5.43 Å². The summed E-state index contributed by atoms with van der Waals surface area (Å²) in [6.45, 7) is 0. The van der Waals surface area contributed by atoms with Crippen molar-refractivity contribution in [3.63, 3.8) is 0 Å². The Hall–Kier alpha value is -1.40. The number of thiazole rings is 1. The lowest BCUT2D eigenvalue weighted by Gasteiger charge is -2.00. The van der Waals surface area contributed by atoms with Crippen LogP contribution in [0.15, 0.2) is 57.4 Å². The highest BCUT2D eigenvalue weighted by Gasteiger charge is 2.08. The third-order valence-electron chi connectivity index (χ3n) is 2.93. The Morgan fingerprint density at radius 3 is 2.83 bits per heavy atom. The lowest BCUT2D eigenvalue weighted by atomic mass is 10.2. The van der Waals surface area contributed by atoms with Crippen LogP contribution in [0.25, 0.3) is 11.3 Å². The number of rotatable bonds is 4. The van der Waals surface area contributed by atoms with Gasteiger partial charge in [0.1, 0.15) is 0 Å². The second-order valence-electron chi connectivity index (χ2n) is 4.59. The molecule has 7 heteroatoms. The summed E-state index contributed by atoms with van der Waals surface area (Å²) in [5, 5.41) is 7.99. The lowest BCUT2D eigenvalue weighted by Crippen LogP contribution is -1.90. The van der Waals surface area contributed by atoms with Crippen molar-refractivity contribution in [2.45, 2.75) is 0 Å². The number of hydrogen-bond acceptors (Lipinski definition) is 4. The molecule has 0 spiro atoms. The van der Waals surface area contributed by atoms with Gasteiger partial charge in [0.2, 0.25) is 5.13 Å². The minimum atomic E-state index is 0.576. The van der Waals surface area contributed by atoms with Gasteiger partial charge in [-0.15, -0.1) is 11.3 Å². The van der Waals surface area contributed by atoms with Crippen molar-refractivity contribution in [3.05, 3.63) is 67.9 Å². The average molecular weight is 427 g/mol. The monoisotopic (exact) mass is 425 g/mol. The fraction of sp³-hybridized carbons (Fsp3) is 0. The Labute approximate surface area is 156 Å². The van der Waals surface area contributed by atoms with E-state index in [9.17, 15) is 0 Å². The van der Waals surface area contributed by atoms with Gasteiger partial charge in [0.25, 0.3) is 0 Å². The molecule has 0 bridgehead atoms. The van der Waals surface area contributed by atoms with Crippen LogP contribution in [0.3, 0.4) is 0 Å². The highest BCUT2D eigenvalue weighted by atomic mass is 79.9. The summed E-state index contributed by atoms with van der Waals surface area (Å²) in [4.78, 5) is 4.48. The van der Waals surface area contributed by atoms with Crippen molar-refractivity contribution in [3.8, 4) is 11.3 Å². The van der Waals surface area contributed by atoms with E-state index in [4.69, 9.17) is 23.2 Å². The molecule has 1 heterocycles. The highest BCUT2D eigenvalue weighted by molar-refractivity contribution is 9.10. The molecule has 23 heavy (non-hydrogen) atoms. The summed E-state index contributed by atoms with van der Waals surface area (Å²) in [6, 6.07) is 13.2. The Kier molecular flexibility index (Phi) is 5.33. The first-order valence-electron chi connectivity index (χ1n) is 6.57. The zero-order valence-corrected chi connectivity index (χ0v) is 15.5. The molecule has 116 valence electrons. The molecule has 0 atom stereocenters. The molecule has 0 aliphatic rings. The van der Waals surface area contributed by atoms with Crippen LogP contribution >= 0.6 is 50.5 Å². The Morgan fingerprint density at radius 1 is 1.17 bits per heavy atom. The number of benzene rings is 2. The van der Waals surface area contributed by atoms with Gasteiger partial charge in [-0.3, -0.25) is 5.43 Å². The van der Waals surface area contributed by atoms with Gasteiger partial charge in [-0.05, 0) is 35.9 Å². The van der Waals surface area contributed by atoms with E-state index < -0.39 is 0 Å². The number of aromatic nitrogens is 1. The Morgan fingerprint density at radius 2 is 2.04 bits per heavy atom. The van der Waals surface area contributed by atoms with Crippen LogP contribution in [0.4, 0.5) is 5.13 Å². The summed E-state index contributed by atoms with van der Waals surface area (Å²) in [5.41, 5.74) is 5.55. The van der Waals surface area contributed by atoms with Crippen LogP contribution in [0.5, 0.6) is 0 Å². The third kappa shape index (κ3) is 4.32. The maximum Gasteiger partial charge on any atom is 0.203 e. The van der Waals surface area contributed by atoms with Crippen molar-refractivity contribution in [2.24, 2.45) is 5.10 Å². The van der Waals surface area contributed by atoms with E-state index in [0.717, 1.165) is 21.3 Å². The minimum absolute atomic E-state index is 0.576. The van der Waals surface area contributed by atoms with E-state index in [1.54, 1.807) is 18.3 Å². The topological polar surface area (TPSA) is 37.3 Å². The number of halogens is 3. The molecule has 1 N–H and O–H groups in total. The molecule has 0 amide bonds. The molecule has 0 saturated carbocycles. The van der Waals surface area contributed by atoms with Crippen molar-refractivity contribution in [1.82, 2.24) is 4.98 Å². The van der Waals surface area contributed by atoms with Gasteiger partial charge in [0, 0.05) is 20.4 Å². The molecule has 0 fully saturated rings. The van der Waals surface area contributed by atoms with Gasteiger partial charge in [0.05, 0.1) is 16.9 Å². The van der Waals surface area contributed by atoms with Gasteiger partial charge in [0.15, 0.2) is 0 Å². The molecule has 0 saturated heterocycles. The molecular formula is C16H10BrCl2N3S. The SMILES string of the molecule is Clc1ccc(-c2csc(N/N=C\c3cccc(Br)c3)n2)c(Cl)c1. The zero-order valence-electron chi connectivity index (χ0n) is 11.6. The second kappa shape index (κ2) is 7.45. The third-order valence-corrected chi connectivity index (χ3v) is 4.72. The van der Waals surface area contributed by atoms with Crippen LogP contribution in [0.2, 0.25) is 10.0 Å². The van der Waals surface area contributed by atoms with Gasteiger partial charge in [-0.1, -0.05) is 51.3 Å². The van der Waals surface area contributed by atoms with E-state index in [2.05, 4.69) is 31.4 Å². The lowest BCUT2D eigenvalue weighted by molar-refractivity contribution is 1.29. The van der Waals surface area contributed by atoms with Crippen molar-refractivity contribution in [1.29, 1.82) is 0 Å². The number of hydrogen-bond donors (Lipinski definition) is 1. The van der Waals surface area contributed by atoms with E-state index >= 15 is 0 Å². The van der Waals surface area contributed by atoms with Crippen LogP contribution < -0.4 is 5.43 Å². The molecule has 0 radical (unpaired) electrons. The van der Waals surface area contributed by atoms with Gasteiger partial charge in [-0.2, -0.15) is 5.10 Å². The molecule has 0 aliphatic carbocycles. The van der Waals surface area contributed by atoms with Crippen LogP contribution in [-0.2, 0) is 0 Å². The van der Waals surface area contributed by atoms with Crippen molar-refractivity contribution >= 4 is 61.8 Å². The van der Waals surface area contributed by atoms with Crippen LogP contribution in [0, 0.1) is 0 Å². The van der Waals surface area contributed by atoms with E-state index in [1.807, 2.05) is 35.7 Å². The number of hydrazone groups is 1.